The Kier molecular flexibility index (Phi) is 4.55. The Balaban J connectivity index is 1.66. The number of halogens is 1. The summed E-state index contributed by atoms with van der Waals surface area (Å²) in [6.45, 7) is 1.40. The normalized spacial score (nSPS) is 19.1. The summed E-state index contributed by atoms with van der Waals surface area (Å²) >= 11 is 0. The van der Waals surface area contributed by atoms with E-state index in [2.05, 4.69) is 17.4 Å². The Bertz CT molecular complexity index is 317. The maximum absolute atomic E-state index is 14.2. The topological polar surface area (TPSA) is 12.0 Å². The van der Waals surface area contributed by atoms with E-state index in [-0.39, 0.29) is 0 Å². The van der Waals surface area contributed by atoms with Crippen LogP contribution in [0.5, 0.6) is 0 Å². The maximum Gasteiger partial charge on any atom is 0.123 e. The van der Waals surface area contributed by atoms with E-state index in [1.165, 1.54) is 12.0 Å². The van der Waals surface area contributed by atoms with Crippen molar-refractivity contribution in [1.82, 2.24) is 5.32 Å². The van der Waals surface area contributed by atoms with Crippen LogP contribution in [0.2, 0.25) is 0 Å². The van der Waals surface area contributed by atoms with Gasteiger partial charge >= 0.3 is 0 Å². The van der Waals surface area contributed by atoms with Gasteiger partial charge in [-0.05, 0) is 31.4 Å². The first-order valence-electron chi connectivity index (χ1n) is 6.72. The zero-order valence-electron chi connectivity index (χ0n) is 10.4. The van der Waals surface area contributed by atoms with Crippen molar-refractivity contribution in [2.75, 3.05) is 13.1 Å². The van der Waals surface area contributed by atoms with Crippen LogP contribution in [0.4, 0.5) is 4.39 Å². The maximum atomic E-state index is 14.2. The molecule has 0 saturated heterocycles. The van der Waals surface area contributed by atoms with E-state index < -0.39 is 5.67 Å². The highest BCUT2D eigenvalue weighted by atomic mass is 19.1. The number of hydrogen-bond donors (Lipinski definition) is 1. The number of rotatable bonds is 5. The first kappa shape index (κ1) is 12.6. The molecule has 1 aromatic rings. The van der Waals surface area contributed by atoms with Crippen molar-refractivity contribution in [3.63, 3.8) is 0 Å². The Morgan fingerprint density at radius 2 is 1.76 bits per heavy atom. The number of benzene rings is 1. The van der Waals surface area contributed by atoms with Gasteiger partial charge in [-0.2, -0.15) is 0 Å². The minimum Gasteiger partial charge on any atom is -0.313 e. The van der Waals surface area contributed by atoms with Gasteiger partial charge in [0, 0.05) is 6.54 Å². The van der Waals surface area contributed by atoms with Gasteiger partial charge in [0.1, 0.15) is 5.67 Å². The van der Waals surface area contributed by atoms with Gasteiger partial charge in [-0.1, -0.05) is 49.6 Å². The molecular formula is C15H22FN. The lowest BCUT2D eigenvalue weighted by atomic mass is 9.86. The highest BCUT2D eigenvalue weighted by molar-refractivity contribution is 5.14. The van der Waals surface area contributed by atoms with Crippen LogP contribution >= 0.6 is 0 Å². The minimum atomic E-state index is -0.936. The highest BCUT2D eigenvalue weighted by Gasteiger charge is 2.30. The van der Waals surface area contributed by atoms with Gasteiger partial charge in [-0.3, -0.25) is 0 Å². The van der Waals surface area contributed by atoms with Gasteiger partial charge in [0.05, 0.1) is 0 Å². The van der Waals surface area contributed by atoms with Crippen molar-refractivity contribution in [3.05, 3.63) is 35.9 Å². The molecule has 0 unspecified atom stereocenters. The van der Waals surface area contributed by atoms with E-state index in [9.17, 15) is 4.39 Å². The molecule has 0 radical (unpaired) electrons. The molecule has 1 saturated carbocycles. The molecule has 1 N–H and O–H groups in total. The first-order valence-corrected chi connectivity index (χ1v) is 6.72. The van der Waals surface area contributed by atoms with E-state index in [0.29, 0.717) is 6.54 Å². The second-order valence-electron chi connectivity index (χ2n) is 5.12. The highest BCUT2D eigenvalue weighted by Crippen LogP contribution is 2.30. The van der Waals surface area contributed by atoms with Crippen molar-refractivity contribution in [3.8, 4) is 0 Å². The Morgan fingerprint density at radius 1 is 1.06 bits per heavy atom. The number of hydrogen-bond acceptors (Lipinski definition) is 1. The molecule has 0 atom stereocenters. The van der Waals surface area contributed by atoms with Crippen molar-refractivity contribution < 1.29 is 4.39 Å². The van der Waals surface area contributed by atoms with Crippen LogP contribution in [0.15, 0.2) is 30.3 Å². The molecule has 0 aromatic heterocycles. The molecule has 1 aromatic carbocycles. The molecule has 2 heteroatoms. The van der Waals surface area contributed by atoms with Gasteiger partial charge < -0.3 is 5.32 Å². The Hall–Kier alpha value is -0.890. The van der Waals surface area contributed by atoms with Crippen LogP contribution < -0.4 is 5.32 Å². The standard InChI is InChI=1S/C15H22FN/c16-15(10-5-2-6-11-15)13-17-12-9-14-7-3-1-4-8-14/h1,3-4,7-8,17H,2,5-6,9-13H2. The zero-order valence-corrected chi connectivity index (χ0v) is 10.4. The summed E-state index contributed by atoms with van der Waals surface area (Å²) in [4.78, 5) is 0. The van der Waals surface area contributed by atoms with Crippen LogP contribution in [0, 0.1) is 0 Å². The minimum absolute atomic E-state index is 0.528. The summed E-state index contributed by atoms with van der Waals surface area (Å²) in [7, 11) is 0. The van der Waals surface area contributed by atoms with Gasteiger partial charge in [-0.25, -0.2) is 4.39 Å². The zero-order chi connectivity index (χ0) is 12.0. The second kappa shape index (κ2) is 6.15. The van der Waals surface area contributed by atoms with Gasteiger partial charge in [0.2, 0.25) is 0 Å². The summed E-state index contributed by atoms with van der Waals surface area (Å²) in [6, 6.07) is 10.4. The predicted molar refractivity (Wildman–Crippen MR) is 69.9 cm³/mol. The largest absolute Gasteiger partial charge is 0.313 e. The van der Waals surface area contributed by atoms with E-state index in [1.54, 1.807) is 0 Å². The molecule has 0 amide bonds. The number of nitrogens with one attached hydrogen (secondary N) is 1. The fourth-order valence-electron chi connectivity index (χ4n) is 2.55. The molecular weight excluding hydrogens is 213 g/mol. The van der Waals surface area contributed by atoms with Gasteiger partial charge in [0.25, 0.3) is 0 Å². The lowest BCUT2D eigenvalue weighted by Crippen LogP contribution is -2.39. The third kappa shape index (κ3) is 4.12. The molecule has 1 nitrogen and oxygen atoms in total. The van der Waals surface area contributed by atoms with E-state index >= 15 is 0 Å². The van der Waals surface area contributed by atoms with Crippen LogP contribution in [-0.2, 0) is 6.42 Å². The predicted octanol–water partition coefficient (Wildman–Crippen LogP) is 3.49. The fourth-order valence-corrected chi connectivity index (χ4v) is 2.55. The quantitative estimate of drug-likeness (QED) is 0.770. The molecule has 0 spiro atoms. The number of alkyl halides is 1. The molecule has 0 aliphatic heterocycles. The van der Waals surface area contributed by atoms with Crippen LogP contribution in [0.1, 0.15) is 37.7 Å². The third-order valence-electron chi connectivity index (χ3n) is 3.62. The van der Waals surface area contributed by atoms with Gasteiger partial charge in [0.15, 0.2) is 0 Å². The Labute approximate surface area is 103 Å². The summed E-state index contributed by atoms with van der Waals surface area (Å²) in [5.41, 5.74) is 0.381. The lowest BCUT2D eigenvalue weighted by Gasteiger charge is -2.29. The molecule has 17 heavy (non-hydrogen) atoms. The average Bonchev–Trinajstić information content (AvgIpc) is 2.37. The summed E-state index contributed by atoms with van der Waals surface area (Å²) in [5, 5.41) is 3.27. The third-order valence-corrected chi connectivity index (χ3v) is 3.62. The first-order chi connectivity index (χ1) is 8.29. The van der Waals surface area contributed by atoms with Crippen molar-refractivity contribution in [1.29, 1.82) is 0 Å². The molecule has 1 aliphatic carbocycles. The van der Waals surface area contributed by atoms with E-state index in [1.807, 2.05) is 18.2 Å². The molecule has 1 aliphatic rings. The summed E-state index contributed by atoms with van der Waals surface area (Å²) in [6.07, 6.45) is 5.77. The van der Waals surface area contributed by atoms with E-state index in [0.717, 1.165) is 38.6 Å². The average molecular weight is 235 g/mol. The summed E-state index contributed by atoms with van der Waals surface area (Å²) < 4.78 is 14.2. The lowest BCUT2D eigenvalue weighted by molar-refractivity contribution is 0.106. The van der Waals surface area contributed by atoms with Crippen molar-refractivity contribution >= 4 is 0 Å². The fraction of sp³-hybridized carbons (Fsp3) is 0.600. The molecule has 0 bridgehead atoms. The Morgan fingerprint density at radius 3 is 2.47 bits per heavy atom. The molecule has 0 heterocycles. The van der Waals surface area contributed by atoms with Crippen molar-refractivity contribution in [2.45, 2.75) is 44.2 Å². The van der Waals surface area contributed by atoms with Gasteiger partial charge in [-0.15, -0.1) is 0 Å². The summed E-state index contributed by atoms with van der Waals surface area (Å²) in [5.74, 6) is 0. The SMILES string of the molecule is FC1(CNCCc2ccccc2)CCCCC1. The van der Waals surface area contributed by atoms with Crippen LogP contribution in [-0.4, -0.2) is 18.8 Å². The molecule has 2 rings (SSSR count). The second-order valence-corrected chi connectivity index (χ2v) is 5.12. The molecule has 1 fully saturated rings. The smallest absolute Gasteiger partial charge is 0.123 e. The van der Waals surface area contributed by atoms with Crippen LogP contribution in [0.25, 0.3) is 0 Å². The monoisotopic (exact) mass is 235 g/mol. The van der Waals surface area contributed by atoms with E-state index in [4.69, 9.17) is 0 Å². The van der Waals surface area contributed by atoms with Crippen molar-refractivity contribution in [2.24, 2.45) is 0 Å². The van der Waals surface area contributed by atoms with Crippen LogP contribution in [0.3, 0.4) is 0 Å². The molecule has 94 valence electrons.